The van der Waals surface area contributed by atoms with E-state index in [9.17, 15) is 4.79 Å². The van der Waals surface area contributed by atoms with Crippen LogP contribution < -0.4 is 10.1 Å². The number of hydrogen-bond donors (Lipinski definition) is 1. The zero-order valence-corrected chi connectivity index (χ0v) is 15.7. The first-order valence-electron chi connectivity index (χ1n) is 7.93. The predicted octanol–water partition coefficient (Wildman–Crippen LogP) is 5.29. The van der Waals surface area contributed by atoms with Crippen LogP contribution >= 0.6 is 23.4 Å². The number of nitrogens with one attached hydrogen (secondary N) is 1. The lowest BCUT2D eigenvalue weighted by atomic mass is 10.2. The van der Waals surface area contributed by atoms with Crippen molar-refractivity contribution in [1.29, 1.82) is 0 Å². The van der Waals surface area contributed by atoms with E-state index in [1.54, 1.807) is 55.4 Å². The number of carbonyl (C=O) groups is 1. The van der Waals surface area contributed by atoms with Gasteiger partial charge in [-0.15, -0.1) is 11.8 Å². The lowest BCUT2D eigenvalue weighted by Gasteiger charge is -2.09. The first kappa shape index (κ1) is 18.3. The van der Waals surface area contributed by atoms with Crippen molar-refractivity contribution in [1.82, 2.24) is 4.98 Å². The number of carbonyl (C=O) groups excluding carboxylic acids is 1. The molecular weight excluding hydrogens is 368 g/mol. The van der Waals surface area contributed by atoms with E-state index in [0.29, 0.717) is 16.4 Å². The maximum absolute atomic E-state index is 12.2. The fourth-order valence-corrected chi connectivity index (χ4v) is 3.48. The number of amides is 1. The fourth-order valence-electron chi connectivity index (χ4n) is 2.27. The standard InChI is InChI=1S/C20H17ClN2O2S/c1-25-16-8-5-14(6-9-16)13-26-19-12-15(7-10-17(19)21)23-20(24)18-4-2-3-11-22-18/h2-12H,13H2,1H3,(H,23,24). The van der Waals surface area contributed by atoms with Crippen LogP contribution in [-0.2, 0) is 5.75 Å². The summed E-state index contributed by atoms with van der Waals surface area (Å²) in [6.45, 7) is 0. The Labute approximate surface area is 161 Å². The summed E-state index contributed by atoms with van der Waals surface area (Å²) < 4.78 is 5.17. The Hall–Kier alpha value is -2.50. The van der Waals surface area contributed by atoms with Crippen LogP contribution in [0.1, 0.15) is 16.1 Å². The van der Waals surface area contributed by atoms with Gasteiger partial charge in [-0.1, -0.05) is 29.8 Å². The minimum absolute atomic E-state index is 0.251. The van der Waals surface area contributed by atoms with Gasteiger partial charge in [0.2, 0.25) is 0 Å². The van der Waals surface area contributed by atoms with Crippen molar-refractivity contribution in [2.75, 3.05) is 12.4 Å². The summed E-state index contributed by atoms with van der Waals surface area (Å²) in [5.74, 6) is 1.34. The highest BCUT2D eigenvalue weighted by atomic mass is 35.5. The van der Waals surface area contributed by atoms with Gasteiger partial charge in [0.25, 0.3) is 5.91 Å². The van der Waals surface area contributed by atoms with Crippen LogP contribution in [-0.4, -0.2) is 18.0 Å². The molecule has 26 heavy (non-hydrogen) atoms. The Balaban J connectivity index is 1.68. The maximum atomic E-state index is 12.2. The molecule has 0 radical (unpaired) electrons. The molecule has 1 heterocycles. The van der Waals surface area contributed by atoms with Crippen LogP contribution in [0.4, 0.5) is 5.69 Å². The second kappa shape index (κ2) is 8.74. The van der Waals surface area contributed by atoms with E-state index in [0.717, 1.165) is 22.0 Å². The molecule has 3 aromatic rings. The minimum Gasteiger partial charge on any atom is -0.497 e. The lowest BCUT2D eigenvalue weighted by molar-refractivity contribution is 0.102. The maximum Gasteiger partial charge on any atom is 0.274 e. The van der Waals surface area contributed by atoms with Gasteiger partial charge in [0.1, 0.15) is 11.4 Å². The number of thioether (sulfide) groups is 1. The first-order chi connectivity index (χ1) is 12.7. The molecule has 0 aliphatic heterocycles. The smallest absolute Gasteiger partial charge is 0.274 e. The van der Waals surface area contributed by atoms with E-state index in [1.165, 1.54) is 0 Å². The summed E-state index contributed by atoms with van der Waals surface area (Å²) >= 11 is 7.91. The number of halogens is 1. The van der Waals surface area contributed by atoms with Crippen LogP contribution in [0.3, 0.4) is 0 Å². The van der Waals surface area contributed by atoms with E-state index in [4.69, 9.17) is 16.3 Å². The highest BCUT2D eigenvalue weighted by Gasteiger charge is 2.09. The van der Waals surface area contributed by atoms with Crippen LogP contribution in [0, 0.1) is 0 Å². The summed E-state index contributed by atoms with van der Waals surface area (Å²) in [6.07, 6.45) is 1.59. The molecule has 0 atom stereocenters. The second-order valence-electron chi connectivity index (χ2n) is 5.45. The van der Waals surface area contributed by atoms with Crippen molar-refractivity contribution in [3.63, 3.8) is 0 Å². The number of rotatable bonds is 6. The number of nitrogens with zero attached hydrogens (tertiary/aromatic N) is 1. The van der Waals surface area contributed by atoms with Gasteiger partial charge in [0.05, 0.1) is 12.1 Å². The number of pyridine rings is 1. The minimum atomic E-state index is -0.251. The predicted molar refractivity (Wildman–Crippen MR) is 106 cm³/mol. The number of methoxy groups -OCH3 is 1. The van der Waals surface area contributed by atoms with E-state index in [1.807, 2.05) is 30.3 Å². The van der Waals surface area contributed by atoms with Crippen molar-refractivity contribution in [3.05, 3.63) is 83.1 Å². The topological polar surface area (TPSA) is 51.2 Å². The molecule has 6 heteroatoms. The quantitative estimate of drug-likeness (QED) is 0.587. The van der Waals surface area contributed by atoms with Gasteiger partial charge in [-0.2, -0.15) is 0 Å². The van der Waals surface area contributed by atoms with Crippen LogP contribution in [0.15, 0.2) is 71.8 Å². The molecule has 0 saturated carbocycles. The average Bonchev–Trinajstić information content (AvgIpc) is 2.69. The Morgan fingerprint density at radius 2 is 1.96 bits per heavy atom. The zero-order valence-electron chi connectivity index (χ0n) is 14.1. The van der Waals surface area contributed by atoms with E-state index in [-0.39, 0.29) is 5.91 Å². The molecule has 0 fully saturated rings. The summed E-state index contributed by atoms with van der Waals surface area (Å²) in [5.41, 5.74) is 2.21. The van der Waals surface area contributed by atoms with Crippen molar-refractivity contribution in [3.8, 4) is 5.75 Å². The molecule has 0 bridgehead atoms. The lowest BCUT2D eigenvalue weighted by Crippen LogP contribution is -2.13. The molecule has 1 N–H and O–H groups in total. The van der Waals surface area contributed by atoms with Crippen LogP contribution in [0.5, 0.6) is 5.75 Å². The normalized spacial score (nSPS) is 10.4. The molecular formula is C20H17ClN2O2S. The van der Waals surface area contributed by atoms with E-state index >= 15 is 0 Å². The molecule has 0 aliphatic carbocycles. The summed E-state index contributed by atoms with van der Waals surface area (Å²) in [4.78, 5) is 17.2. The van der Waals surface area contributed by atoms with Gasteiger partial charge < -0.3 is 10.1 Å². The fraction of sp³-hybridized carbons (Fsp3) is 0.100. The summed E-state index contributed by atoms with van der Waals surface area (Å²) in [7, 11) is 1.65. The van der Waals surface area contributed by atoms with E-state index < -0.39 is 0 Å². The third kappa shape index (κ3) is 4.77. The first-order valence-corrected chi connectivity index (χ1v) is 9.30. The number of benzene rings is 2. The van der Waals surface area contributed by atoms with Crippen LogP contribution in [0.2, 0.25) is 5.02 Å². The Bertz CT molecular complexity index is 886. The number of anilines is 1. The van der Waals surface area contributed by atoms with Crippen molar-refractivity contribution in [2.45, 2.75) is 10.6 Å². The molecule has 0 saturated heterocycles. The zero-order chi connectivity index (χ0) is 18.4. The largest absolute Gasteiger partial charge is 0.497 e. The molecule has 1 amide bonds. The summed E-state index contributed by atoms with van der Waals surface area (Å²) in [6, 6.07) is 18.6. The van der Waals surface area contributed by atoms with Crippen LogP contribution in [0.25, 0.3) is 0 Å². The Morgan fingerprint density at radius 3 is 2.65 bits per heavy atom. The van der Waals surface area contributed by atoms with Gasteiger partial charge in [0.15, 0.2) is 0 Å². The number of hydrogen-bond acceptors (Lipinski definition) is 4. The van der Waals surface area contributed by atoms with Gasteiger partial charge in [0, 0.05) is 22.5 Å². The SMILES string of the molecule is COc1ccc(CSc2cc(NC(=O)c3ccccn3)ccc2Cl)cc1. The van der Waals surface area contributed by atoms with Crippen molar-refractivity contribution in [2.24, 2.45) is 0 Å². The molecule has 0 aliphatic rings. The second-order valence-corrected chi connectivity index (χ2v) is 6.88. The van der Waals surface area contributed by atoms with Gasteiger partial charge in [-0.05, 0) is 48.0 Å². The average molecular weight is 385 g/mol. The molecule has 3 rings (SSSR count). The van der Waals surface area contributed by atoms with Gasteiger partial charge in [-0.3, -0.25) is 9.78 Å². The molecule has 0 spiro atoms. The molecule has 2 aromatic carbocycles. The summed E-state index contributed by atoms with van der Waals surface area (Å²) in [5, 5.41) is 3.50. The molecule has 1 aromatic heterocycles. The number of ether oxygens (including phenoxy) is 1. The molecule has 4 nitrogen and oxygen atoms in total. The van der Waals surface area contributed by atoms with Gasteiger partial charge in [-0.25, -0.2) is 0 Å². The third-order valence-electron chi connectivity index (χ3n) is 3.64. The third-order valence-corrected chi connectivity index (χ3v) is 5.21. The monoisotopic (exact) mass is 384 g/mol. The highest BCUT2D eigenvalue weighted by molar-refractivity contribution is 7.98. The number of aromatic nitrogens is 1. The Kier molecular flexibility index (Phi) is 6.15. The highest BCUT2D eigenvalue weighted by Crippen LogP contribution is 2.32. The van der Waals surface area contributed by atoms with Crippen molar-refractivity contribution >= 4 is 35.0 Å². The molecule has 132 valence electrons. The Morgan fingerprint density at radius 1 is 1.15 bits per heavy atom. The van der Waals surface area contributed by atoms with Crippen molar-refractivity contribution < 1.29 is 9.53 Å². The van der Waals surface area contributed by atoms with Gasteiger partial charge >= 0.3 is 0 Å². The molecule has 0 unspecified atom stereocenters. The van der Waals surface area contributed by atoms with E-state index in [2.05, 4.69) is 10.3 Å².